The van der Waals surface area contributed by atoms with Gasteiger partial charge in [0.2, 0.25) is 0 Å². The second kappa shape index (κ2) is 9.11. The minimum Gasteiger partial charge on any atom is -0.299 e. The van der Waals surface area contributed by atoms with Crippen LogP contribution in [0.4, 0.5) is 13.2 Å². The lowest BCUT2D eigenvalue weighted by atomic mass is 9.96. The molecule has 0 radical (unpaired) electrons. The summed E-state index contributed by atoms with van der Waals surface area (Å²) in [6.45, 7) is 0. The maximum Gasteiger partial charge on any atom is 0.399 e. The highest BCUT2D eigenvalue weighted by Crippen LogP contribution is 2.41. The molecule has 29 heavy (non-hydrogen) atoms. The zero-order valence-electron chi connectivity index (χ0n) is 15.3. The molecule has 1 unspecified atom stereocenters. The van der Waals surface area contributed by atoms with Crippen molar-refractivity contribution in [2.45, 2.75) is 37.8 Å². The summed E-state index contributed by atoms with van der Waals surface area (Å²) < 4.78 is 40.7. The number of aryl methyl sites for hydroxylation is 1. The molecule has 0 N–H and O–H groups in total. The number of rotatable bonds is 7. The van der Waals surface area contributed by atoms with Crippen LogP contribution in [0.25, 0.3) is 6.08 Å². The highest BCUT2D eigenvalue weighted by atomic mass is 35.5. The van der Waals surface area contributed by atoms with E-state index in [0.717, 1.165) is 24.5 Å². The number of allylic oxidation sites excluding steroid dienone is 1. The van der Waals surface area contributed by atoms with E-state index in [0.29, 0.717) is 24.2 Å². The van der Waals surface area contributed by atoms with Crippen LogP contribution in [0.5, 0.6) is 0 Å². The normalized spacial score (nSPS) is 15.7. The molecule has 0 saturated heterocycles. The van der Waals surface area contributed by atoms with Gasteiger partial charge in [0.1, 0.15) is 5.78 Å². The summed E-state index contributed by atoms with van der Waals surface area (Å²) in [4.78, 5) is 11.8. The third kappa shape index (κ3) is 6.00. The standard InChI is InChI=1S/C22H18Cl3F3O/c23-18-11-16(12-19(24)21(18)25)17(22(26,27)28)9-5-13-1-3-14(4-2-13)6-10-20(29)15-7-8-15/h1-5,9,11-12,15,17H,6-8,10H2/b9-5+. The van der Waals surface area contributed by atoms with E-state index in [4.69, 9.17) is 34.8 Å². The highest BCUT2D eigenvalue weighted by Gasteiger charge is 2.39. The summed E-state index contributed by atoms with van der Waals surface area (Å²) in [5.41, 5.74) is 1.53. The number of Topliss-reactive ketones (excluding diaryl/α,β-unsaturated/α-hetero) is 1. The van der Waals surface area contributed by atoms with Gasteiger partial charge < -0.3 is 0 Å². The second-order valence-corrected chi connectivity index (χ2v) is 8.35. The average molecular weight is 462 g/mol. The Hall–Kier alpha value is -1.49. The molecule has 0 heterocycles. The molecule has 0 aliphatic heterocycles. The Balaban J connectivity index is 1.73. The van der Waals surface area contributed by atoms with Gasteiger partial charge >= 0.3 is 6.18 Å². The summed E-state index contributed by atoms with van der Waals surface area (Å²) in [7, 11) is 0. The molecule has 0 spiro atoms. The zero-order valence-corrected chi connectivity index (χ0v) is 17.5. The Morgan fingerprint density at radius 2 is 1.66 bits per heavy atom. The number of carbonyl (C=O) groups excluding carboxylic acids is 1. The van der Waals surface area contributed by atoms with Gasteiger partial charge in [-0.3, -0.25) is 4.79 Å². The molecule has 2 aromatic carbocycles. The first-order valence-electron chi connectivity index (χ1n) is 9.16. The zero-order chi connectivity index (χ0) is 21.2. The molecule has 1 aliphatic rings. The monoisotopic (exact) mass is 460 g/mol. The summed E-state index contributed by atoms with van der Waals surface area (Å²) in [5.74, 6) is -1.33. The highest BCUT2D eigenvalue weighted by molar-refractivity contribution is 6.48. The molecule has 0 bridgehead atoms. The molecule has 1 fully saturated rings. The molecule has 1 atom stereocenters. The third-order valence-corrected chi connectivity index (χ3v) is 6.07. The van der Waals surface area contributed by atoms with Crippen LogP contribution >= 0.6 is 34.8 Å². The van der Waals surface area contributed by atoms with E-state index >= 15 is 0 Å². The van der Waals surface area contributed by atoms with Crippen molar-refractivity contribution in [3.63, 3.8) is 0 Å². The summed E-state index contributed by atoms with van der Waals surface area (Å²) in [6.07, 6.45) is 1.11. The Bertz CT molecular complexity index is 893. The van der Waals surface area contributed by atoms with Crippen molar-refractivity contribution in [3.05, 3.63) is 74.2 Å². The average Bonchev–Trinajstić information content (AvgIpc) is 3.49. The van der Waals surface area contributed by atoms with E-state index in [2.05, 4.69) is 0 Å². The molecule has 0 aromatic heterocycles. The lowest BCUT2D eigenvalue weighted by molar-refractivity contribution is -0.139. The van der Waals surface area contributed by atoms with Crippen LogP contribution in [0.2, 0.25) is 15.1 Å². The molecular weight excluding hydrogens is 444 g/mol. The third-order valence-electron chi connectivity index (χ3n) is 4.87. The van der Waals surface area contributed by atoms with Gasteiger partial charge in [0, 0.05) is 12.3 Å². The smallest absolute Gasteiger partial charge is 0.299 e. The van der Waals surface area contributed by atoms with Crippen molar-refractivity contribution in [1.82, 2.24) is 0 Å². The van der Waals surface area contributed by atoms with Gasteiger partial charge in [-0.1, -0.05) is 71.2 Å². The summed E-state index contributed by atoms with van der Waals surface area (Å²) in [5, 5.41) is -0.0263. The number of carbonyl (C=O) groups is 1. The van der Waals surface area contributed by atoms with Crippen LogP contribution in [0, 0.1) is 5.92 Å². The number of benzene rings is 2. The largest absolute Gasteiger partial charge is 0.399 e. The van der Waals surface area contributed by atoms with Gasteiger partial charge in [-0.25, -0.2) is 0 Å². The number of hydrogen-bond acceptors (Lipinski definition) is 1. The Kier molecular flexibility index (Phi) is 6.98. The molecular formula is C22H18Cl3F3O. The first kappa shape index (κ1) is 22.2. The Labute approximate surface area is 182 Å². The van der Waals surface area contributed by atoms with Crippen molar-refractivity contribution in [2.75, 3.05) is 0 Å². The molecule has 2 aromatic rings. The van der Waals surface area contributed by atoms with Crippen LogP contribution < -0.4 is 0 Å². The summed E-state index contributed by atoms with van der Waals surface area (Å²) in [6, 6.07) is 9.50. The van der Waals surface area contributed by atoms with Crippen LogP contribution in [-0.4, -0.2) is 12.0 Å². The van der Waals surface area contributed by atoms with E-state index in [1.807, 2.05) is 12.1 Å². The van der Waals surface area contributed by atoms with Crippen molar-refractivity contribution < 1.29 is 18.0 Å². The predicted molar refractivity (Wildman–Crippen MR) is 112 cm³/mol. The lowest BCUT2D eigenvalue weighted by Gasteiger charge is -2.18. The van der Waals surface area contributed by atoms with Gasteiger partial charge in [0.15, 0.2) is 0 Å². The van der Waals surface area contributed by atoms with E-state index in [-0.39, 0.29) is 26.5 Å². The van der Waals surface area contributed by atoms with Crippen LogP contribution in [0.15, 0.2) is 42.5 Å². The quantitative estimate of drug-likeness (QED) is 0.383. The van der Waals surface area contributed by atoms with Crippen molar-refractivity contribution in [2.24, 2.45) is 5.92 Å². The maximum atomic E-state index is 13.6. The molecule has 1 aliphatic carbocycles. The Morgan fingerprint density at radius 1 is 1.07 bits per heavy atom. The number of ketones is 1. The summed E-state index contributed by atoms with van der Waals surface area (Å²) >= 11 is 17.6. The van der Waals surface area contributed by atoms with E-state index in [1.54, 1.807) is 12.1 Å². The molecule has 3 rings (SSSR count). The fourth-order valence-corrected chi connectivity index (χ4v) is 3.66. The first-order chi connectivity index (χ1) is 13.6. The van der Waals surface area contributed by atoms with Crippen LogP contribution in [0.1, 0.15) is 41.9 Å². The van der Waals surface area contributed by atoms with Crippen molar-refractivity contribution in [3.8, 4) is 0 Å². The van der Waals surface area contributed by atoms with Crippen LogP contribution in [0.3, 0.4) is 0 Å². The van der Waals surface area contributed by atoms with Gasteiger partial charge in [-0.05, 0) is 48.1 Å². The predicted octanol–water partition coefficient (Wildman–Crippen LogP) is 7.92. The van der Waals surface area contributed by atoms with Gasteiger partial charge in [0.25, 0.3) is 0 Å². The van der Waals surface area contributed by atoms with Crippen LogP contribution in [-0.2, 0) is 11.2 Å². The minimum absolute atomic E-state index is 0.0257. The van der Waals surface area contributed by atoms with Gasteiger partial charge in [-0.2, -0.15) is 13.2 Å². The number of halogens is 6. The fraction of sp³-hybridized carbons (Fsp3) is 0.318. The molecule has 7 heteroatoms. The fourth-order valence-electron chi connectivity index (χ4n) is 3.04. The van der Waals surface area contributed by atoms with Crippen molar-refractivity contribution >= 4 is 46.7 Å². The van der Waals surface area contributed by atoms with Gasteiger partial charge in [0.05, 0.1) is 21.0 Å². The Morgan fingerprint density at radius 3 is 2.17 bits per heavy atom. The molecule has 1 nitrogen and oxygen atoms in total. The topological polar surface area (TPSA) is 17.1 Å². The van der Waals surface area contributed by atoms with Crippen molar-refractivity contribution in [1.29, 1.82) is 0 Å². The SMILES string of the molecule is O=C(CCc1ccc(/C=C/C(c2cc(Cl)c(Cl)c(Cl)c2)C(F)(F)F)cc1)C1CC1. The number of alkyl halides is 3. The lowest BCUT2D eigenvalue weighted by Crippen LogP contribution is -2.19. The molecule has 0 amide bonds. The second-order valence-electron chi connectivity index (χ2n) is 7.16. The maximum absolute atomic E-state index is 13.6. The van der Waals surface area contributed by atoms with E-state index in [1.165, 1.54) is 18.2 Å². The van der Waals surface area contributed by atoms with E-state index in [9.17, 15) is 18.0 Å². The molecule has 154 valence electrons. The molecule has 1 saturated carbocycles. The first-order valence-corrected chi connectivity index (χ1v) is 10.3. The number of hydrogen-bond donors (Lipinski definition) is 0. The van der Waals surface area contributed by atoms with E-state index < -0.39 is 12.1 Å². The minimum atomic E-state index is -4.51. The van der Waals surface area contributed by atoms with Gasteiger partial charge in [-0.15, -0.1) is 0 Å².